The maximum absolute atomic E-state index is 13.0. The number of alkyl halides is 3. The van der Waals surface area contributed by atoms with Crippen LogP contribution in [-0.4, -0.2) is 57.0 Å². The second-order valence-electron chi connectivity index (χ2n) is 8.44. The number of halogens is 5. The van der Waals surface area contributed by atoms with Gasteiger partial charge in [0.05, 0.1) is 22.5 Å². The number of hydrogen-bond acceptors (Lipinski definition) is 7. The first-order valence-electron chi connectivity index (χ1n) is 11.3. The minimum atomic E-state index is -4.50. The Bertz CT molecular complexity index is 1530. The summed E-state index contributed by atoms with van der Waals surface area (Å²) in [5.41, 5.74) is 6.97. The van der Waals surface area contributed by atoms with Crippen LogP contribution >= 0.6 is 23.2 Å². The molecule has 0 radical (unpaired) electrons. The molecule has 2 aromatic carbocycles. The molecule has 1 fully saturated rings. The molecule has 14 heteroatoms. The molecule has 0 saturated carbocycles. The molecular formula is C24H19Cl2F3N8O. The van der Waals surface area contributed by atoms with Crippen molar-refractivity contribution < 1.29 is 18.0 Å². The van der Waals surface area contributed by atoms with Crippen molar-refractivity contribution in [3.8, 4) is 11.3 Å². The molecule has 4 aromatic rings. The molecule has 0 aliphatic carbocycles. The van der Waals surface area contributed by atoms with E-state index in [0.29, 0.717) is 51.4 Å². The second kappa shape index (κ2) is 10.1. The monoisotopic (exact) mass is 562 g/mol. The fourth-order valence-corrected chi connectivity index (χ4v) is 4.56. The summed E-state index contributed by atoms with van der Waals surface area (Å²) in [7, 11) is 0. The Balaban J connectivity index is 1.34. The summed E-state index contributed by atoms with van der Waals surface area (Å²) in [6.45, 7) is 1.31. The van der Waals surface area contributed by atoms with Crippen LogP contribution in [0.15, 0.2) is 48.7 Å². The average molecular weight is 563 g/mol. The van der Waals surface area contributed by atoms with Crippen molar-refractivity contribution in [2.24, 2.45) is 0 Å². The van der Waals surface area contributed by atoms with E-state index in [9.17, 15) is 18.0 Å². The second-order valence-corrected chi connectivity index (χ2v) is 9.28. The Morgan fingerprint density at radius 1 is 1.00 bits per heavy atom. The molecule has 1 aliphatic rings. The number of urea groups is 1. The number of nitrogens with one attached hydrogen (secondary N) is 1. The van der Waals surface area contributed by atoms with Gasteiger partial charge >= 0.3 is 12.2 Å². The van der Waals surface area contributed by atoms with Crippen molar-refractivity contribution in [1.82, 2.24) is 24.8 Å². The molecule has 0 bridgehead atoms. The summed E-state index contributed by atoms with van der Waals surface area (Å²) in [6.07, 6.45) is -2.97. The quantitative estimate of drug-likeness (QED) is 0.346. The molecule has 0 atom stereocenters. The maximum atomic E-state index is 13.0. The normalized spacial score (nSPS) is 14.1. The third kappa shape index (κ3) is 5.36. The Kier molecular flexibility index (Phi) is 6.84. The number of anilines is 3. The standard InChI is InChI=1S/C24H19Cl2F3N8O/c25-14-4-5-16(17(26)11-14)18-12-31-20-19(33-18)21(35-22(30)34-20)36-6-8-37(9-7-36)23(38)32-15-3-1-2-13(10-15)24(27,28)29/h1-5,10-12H,6-9H2,(H,32,38)(H2,30,31,34,35). The molecule has 2 aromatic heterocycles. The zero-order valence-electron chi connectivity index (χ0n) is 19.5. The fraction of sp³-hybridized carbons (Fsp3) is 0.208. The van der Waals surface area contributed by atoms with E-state index in [1.165, 1.54) is 23.2 Å². The molecule has 5 rings (SSSR count). The lowest BCUT2D eigenvalue weighted by Crippen LogP contribution is -2.50. The first-order valence-corrected chi connectivity index (χ1v) is 12.1. The first kappa shape index (κ1) is 25.7. The first-order chi connectivity index (χ1) is 18.1. The van der Waals surface area contributed by atoms with Gasteiger partial charge in [0, 0.05) is 42.5 Å². The molecule has 38 heavy (non-hydrogen) atoms. The van der Waals surface area contributed by atoms with Gasteiger partial charge in [-0.15, -0.1) is 0 Å². The number of carbonyl (C=O) groups is 1. The van der Waals surface area contributed by atoms with Crippen molar-refractivity contribution in [2.75, 3.05) is 42.1 Å². The number of piperazine rings is 1. The van der Waals surface area contributed by atoms with E-state index < -0.39 is 17.8 Å². The zero-order chi connectivity index (χ0) is 27.0. The lowest BCUT2D eigenvalue weighted by Gasteiger charge is -2.35. The predicted octanol–water partition coefficient (Wildman–Crippen LogP) is 5.35. The van der Waals surface area contributed by atoms with Crippen LogP contribution in [0.1, 0.15) is 5.56 Å². The predicted molar refractivity (Wildman–Crippen MR) is 139 cm³/mol. The van der Waals surface area contributed by atoms with Crippen molar-refractivity contribution in [3.05, 3.63) is 64.3 Å². The summed E-state index contributed by atoms with van der Waals surface area (Å²) in [5, 5.41) is 3.42. The average Bonchev–Trinajstić information content (AvgIpc) is 2.88. The van der Waals surface area contributed by atoms with E-state index in [0.717, 1.165) is 12.1 Å². The molecule has 196 valence electrons. The molecule has 3 heterocycles. The number of carbonyl (C=O) groups excluding carboxylic acids is 1. The summed E-state index contributed by atoms with van der Waals surface area (Å²) in [5.74, 6) is 0.466. The number of hydrogen-bond donors (Lipinski definition) is 2. The summed E-state index contributed by atoms with van der Waals surface area (Å²) in [4.78, 5) is 33.8. The van der Waals surface area contributed by atoms with Gasteiger partial charge in [-0.3, -0.25) is 0 Å². The molecule has 2 amide bonds. The van der Waals surface area contributed by atoms with Crippen LogP contribution in [0.3, 0.4) is 0 Å². The Hall–Kier alpha value is -3.90. The van der Waals surface area contributed by atoms with Gasteiger partial charge in [0.2, 0.25) is 5.95 Å². The number of benzene rings is 2. The topological polar surface area (TPSA) is 113 Å². The highest BCUT2D eigenvalue weighted by atomic mass is 35.5. The van der Waals surface area contributed by atoms with Crippen LogP contribution in [0.4, 0.5) is 35.4 Å². The van der Waals surface area contributed by atoms with Gasteiger partial charge in [-0.2, -0.15) is 23.1 Å². The number of nitrogens with two attached hydrogens (primary N) is 1. The van der Waals surface area contributed by atoms with E-state index in [2.05, 4.69) is 20.3 Å². The smallest absolute Gasteiger partial charge is 0.368 e. The number of aromatic nitrogens is 4. The van der Waals surface area contributed by atoms with E-state index in [-0.39, 0.29) is 24.7 Å². The Labute approximate surface area is 224 Å². The van der Waals surface area contributed by atoms with Gasteiger partial charge in [0.1, 0.15) is 0 Å². The highest BCUT2D eigenvalue weighted by molar-refractivity contribution is 6.36. The van der Waals surface area contributed by atoms with Crippen LogP contribution in [-0.2, 0) is 6.18 Å². The van der Waals surface area contributed by atoms with E-state index in [1.807, 2.05) is 4.90 Å². The third-order valence-corrected chi connectivity index (χ3v) is 6.47. The van der Waals surface area contributed by atoms with Crippen molar-refractivity contribution in [3.63, 3.8) is 0 Å². The molecule has 1 saturated heterocycles. The van der Waals surface area contributed by atoms with Gasteiger partial charge in [0.15, 0.2) is 17.0 Å². The van der Waals surface area contributed by atoms with Gasteiger partial charge in [-0.05, 0) is 36.4 Å². The fourth-order valence-electron chi connectivity index (χ4n) is 4.05. The number of nitrogens with zero attached hydrogens (tertiary/aromatic N) is 6. The maximum Gasteiger partial charge on any atom is 0.416 e. The van der Waals surface area contributed by atoms with Crippen LogP contribution in [0.25, 0.3) is 22.4 Å². The minimum Gasteiger partial charge on any atom is -0.368 e. The number of amides is 2. The Morgan fingerprint density at radius 3 is 2.47 bits per heavy atom. The molecule has 3 N–H and O–H groups in total. The summed E-state index contributed by atoms with van der Waals surface area (Å²) in [6, 6.07) is 9.02. The Morgan fingerprint density at radius 2 is 1.76 bits per heavy atom. The van der Waals surface area contributed by atoms with Gasteiger partial charge in [-0.1, -0.05) is 29.3 Å². The van der Waals surface area contributed by atoms with Crippen LogP contribution in [0, 0.1) is 0 Å². The van der Waals surface area contributed by atoms with Gasteiger partial charge < -0.3 is 20.9 Å². The van der Waals surface area contributed by atoms with Crippen molar-refractivity contribution in [1.29, 1.82) is 0 Å². The zero-order valence-corrected chi connectivity index (χ0v) is 21.0. The summed E-state index contributed by atoms with van der Waals surface area (Å²) >= 11 is 12.4. The van der Waals surface area contributed by atoms with Crippen LogP contribution in [0.2, 0.25) is 10.0 Å². The molecule has 0 spiro atoms. The number of nitrogen functional groups attached to an aromatic ring is 1. The highest BCUT2D eigenvalue weighted by Gasteiger charge is 2.31. The minimum absolute atomic E-state index is 0.0174. The van der Waals surface area contributed by atoms with E-state index in [4.69, 9.17) is 33.9 Å². The van der Waals surface area contributed by atoms with Gasteiger partial charge in [0.25, 0.3) is 0 Å². The highest BCUT2D eigenvalue weighted by Crippen LogP contribution is 2.32. The lowest BCUT2D eigenvalue weighted by molar-refractivity contribution is -0.137. The molecular weight excluding hydrogens is 544 g/mol. The number of fused-ring (bicyclic) bond motifs is 1. The largest absolute Gasteiger partial charge is 0.416 e. The van der Waals surface area contributed by atoms with E-state index >= 15 is 0 Å². The van der Waals surface area contributed by atoms with Crippen molar-refractivity contribution in [2.45, 2.75) is 6.18 Å². The lowest BCUT2D eigenvalue weighted by atomic mass is 10.1. The molecule has 1 aliphatic heterocycles. The summed E-state index contributed by atoms with van der Waals surface area (Å²) < 4.78 is 39.0. The van der Waals surface area contributed by atoms with Gasteiger partial charge in [-0.25, -0.2) is 14.8 Å². The third-order valence-electron chi connectivity index (χ3n) is 5.92. The number of rotatable bonds is 3. The van der Waals surface area contributed by atoms with Crippen LogP contribution < -0.4 is 16.0 Å². The molecule has 0 unspecified atom stereocenters. The van der Waals surface area contributed by atoms with E-state index in [1.54, 1.807) is 18.2 Å². The van der Waals surface area contributed by atoms with Crippen molar-refractivity contribution >= 4 is 57.9 Å². The van der Waals surface area contributed by atoms with Crippen LogP contribution in [0.5, 0.6) is 0 Å². The molecule has 9 nitrogen and oxygen atoms in total. The SMILES string of the molecule is Nc1nc(N2CCN(C(=O)Nc3cccc(C(F)(F)F)c3)CC2)c2nc(-c3ccc(Cl)cc3Cl)cnc2n1.